The van der Waals surface area contributed by atoms with Gasteiger partial charge in [0.15, 0.2) is 0 Å². The number of hydrogen-bond acceptors (Lipinski definition) is 3. The Morgan fingerprint density at radius 2 is 2.10 bits per heavy atom. The van der Waals surface area contributed by atoms with Crippen LogP contribution in [0.4, 0.5) is 5.69 Å². The number of rotatable bonds is 7. The van der Waals surface area contributed by atoms with Crippen molar-refractivity contribution in [3.63, 3.8) is 0 Å². The Morgan fingerprint density at radius 1 is 1.35 bits per heavy atom. The van der Waals surface area contributed by atoms with E-state index in [0.29, 0.717) is 6.61 Å². The molecule has 2 rings (SSSR count). The van der Waals surface area contributed by atoms with Gasteiger partial charge in [-0.3, -0.25) is 4.79 Å². The highest BCUT2D eigenvalue weighted by Gasteiger charge is 2.44. The summed E-state index contributed by atoms with van der Waals surface area (Å²) in [6.07, 6.45) is 0.959. The highest BCUT2D eigenvalue weighted by Crippen LogP contribution is 2.34. The molecule has 112 valence electrons. The van der Waals surface area contributed by atoms with E-state index in [-0.39, 0.29) is 30.3 Å². The zero-order chi connectivity index (χ0) is 13.7. The molecule has 2 atom stereocenters. The van der Waals surface area contributed by atoms with Crippen molar-refractivity contribution in [3.05, 3.63) is 29.8 Å². The predicted octanol–water partition coefficient (Wildman–Crippen LogP) is 2.58. The summed E-state index contributed by atoms with van der Waals surface area (Å²) in [7, 11) is 0. The van der Waals surface area contributed by atoms with E-state index in [2.05, 4.69) is 17.6 Å². The number of amides is 1. The second kappa shape index (κ2) is 8.25. The molecule has 5 heteroatoms. The molecule has 2 unspecified atom stereocenters. The lowest BCUT2D eigenvalue weighted by molar-refractivity contribution is -0.118. The lowest BCUT2D eigenvalue weighted by Crippen LogP contribution is -2.19. The van der Waals surface area contributed by atoms with Crippen LogP contribution in [-0.2, 0) is 16.1 Å². The van der Waals surface area contributed by atoms with Gasteiger partial charge in [0.25, 0.3) is 0 Å². The van der Waals surface area contributed by atoms with Crippen LogP contribution in [0.5, 0.6) is 0 Å². The minimum atomic E-state index is 0. The molecule has 0 aliphatic heterocycles. The van der Waals surface area contributed by atoms with Crippen LogP contribution in [-0.4, -0.2) is 25.2 Å². The molecule has 0 saturated heterocycles. The number of anilines is 1. The fraction of sp³-hybridized carbons (Fsp3) is 0.533. The Labute approximate surface area is 126 Å². The van der Waals surface area contributed by atoms with Crippen LogP contribution in [0.25, 0.3) is 0 Å². The third-order valence-electron chi connectivity index (χ3n) is 3.29. The topological polar surface area (TPSA) is 50.4 Å². The largest absolute Gasteiger partial charge is 0.378 e. The molecule has 1 aromatic rings. The van der Waals surface area contributed by atoms with E-state index in [1.165, 1.54) is 0 Å². The third-order valence-corrected chi connectivity index (χ3v) is 3.29. The number of nitrogens with one attached hydrogen (secondary N) is 2. The van der Waals surface area contributed by atoms with Crippen LogP contribution in [0.15, 0.2) is 24.3 Å². The summed E-state index contributed by atoms with van der Waals surface area (Å²) in [4.78, 5) is 12.1. The third kappa shape index (κ3) is 4.47. The molecule has 0 heterocycles. The molecule has 1 amide bonds. The summed E-state index contributed by atoms with van der Waals surface area (Å²) < 4.78 is 5.45. The van der Waals surface area contributed by atoms with Gasteiger partial charge in [0.1, 0.15) is 0 Å². The van der Waals surface area contributed by atoms with E-state index < -0.39 is 0 Å². The first-order valence-corrected chi connectivity index (χ1v) is 6.97. The summed E-state index contributed by atoms with van der Waals surface area (Å²) in [6, 6.07) is 7.91. The summed E-state index contributed by atoms with van der Waals surface area (Å²) in [5, 5.41) is 6.29. The summed E-state index contributed by atoms with van der Waals surface area (Å²) >= 11 is 0. The fourth-order valence-electron chi connectivity index (χ4n) is 2.13. The molecule has 2 N–H and O–H groups in total. The van der Waals surface area contributed by atoms with Gasteiger partial charge in [0.2, 0.25) is 5.91 Å². The summed E-state index contributed by atoms with van der Waals surface area (Å²) in [5.74, 6) is 0.0922. The van der Waals surface area contributed by atoms with E-state index in [4.69, 9.17) is 4.74 Å². The second-order valence-corrected chi connectivity index (χ2v) is 4.76. The molecular formula is C15H23ClN2O2. The Morgan fingerprint density at radius 3 is 2.80 bits per heavy atom. The van der Waals surface area contributed by atoms with E-state index >= 15 is 0 Å². The number of benzene rings is 1. The van der Waals surface area contributed by atoms with E-state index in [1.54, 1.807) is 0 Å². The maximum atomic E-state index is 12.1. The van der Waals surface area contributed by atoms with Gasteiger partial charge in [-0.05, 0) is 31.5 Å². The number of hydrogen-bond donors (Lipinski definition) is 2. The highest BCUT2D eigenvalue weighted by atomic mass is 35.5. The van der Waals surface area contributed by atoms with Gasteiger partial charge in [-0.1, -0.05) is 25.1 Å². The van der Waals surface area contributed by atoms with Gasteiger partial charge in [-0.25, -0.2) is 0 Å². The number of carbonyl (C=O) groups is 1. The molecule has 0 radical (unpaired) electrons. The zero-order valence-corrected chi connectivity index (χ0v) is 12.8. The smallest absolute Gasteiger partial charge is 0.230 e. The summed E-state index contributed by atoms with van der Waals surface area (Å²) in [5.41, 5.74) is 2.02. The van der Waals surface area contributed by atoms with Gasteiger partial charge >= 0.3 is 0 Å². The van der Waals surface area contributed by atoms with Crippen molar-refractivity contribution >= 4 is 24.0 Å². The predicted molar refractivity (Wildman–Crippen MR) is 83.2 cm³/mol. The summed E-state index contributed by atoms with van der Waals surface area (Å²) in [6.45, 7) is 6.38. The molecular weight excluding hydrogens is 276 g/mol. The average molecular weight is 299 g/mol. The molecule has 0 spiro atoms. The highest BCUT2D eigenvalue weighted by molar-refractivity contribution is 5.95. The van der Waals surface area contributed by atoms with Crippen LogP contribution >= 0.6 is 12.4 Å². The van der Waals surface area contributed by atoms with Gasteiger partial charge in [0.05, 0.1) is 12.0 Å². The van der Waals surface area contributed by atoms with Gasteiger partial charge in [0, 0.05) is 18.8 Å². The maximum Gasteiger partial charge on any atom is 0.230 e. The normalized spacial score (nSPS) is 20.1. The minimum Gasteiger partial charge on any atom is -0.378 e. The molecule has 4 nitrogen and oxygen atoms in total. The number of halogens is 1. The molecule has 20 heavy (non-hydrogen) atoms. The number of para-hydroxylation sites is 1. The molecule has 0 bridgehead atoms. The lowest BCUT2D eigenvalue weighted by Gasteiger charge is -2.11. The Bertz CT molecular complexity index is 440. The molecule has 1 fully saturated rings. The van der Waals surface area contributed by atoms with Crippen LogP contribution in [0, 0.1) is 5.92 Å². The molecule has 1 saturated carbocycles. The monoisotopic (exact) mass is 298 g/mol. The second-order valence-electron chi connectivity index (χ2n) is 4.76. The van der Waals surface area contributed by atoms with Crippen molar-refractivity contribution in [2.24, 2.45) is 5.92 Å². The first-order chi connectivity index (χ1) is 9.26. The van der Waals surface area contributed by atoms with Crippen molar-refractivity contribution in [3.8, 4) is 0 Å². The standard InChI is InChI=1S/C15H22N2O2.ClH/c1-3-16-10-11-7-5-6-8-13(11)17-15(18)12-9-14(12)19-4-2;/h5-8,12,14,16H,3-4,9-10H2,1-2H3,(H,17,18);1H. The quantitative estimate of drug-likeness (QED) is 0.813. The SMILES string of the molecule is CCNCc1ccccc1NC(=O)C1CC1OCC.Cl. The lowest BCUT2D eigenvalue weighted by atomic mass is 10.1. The first-order valence-electron chi connectivity index (χ1n) is 6.97. The molecule has 1 aliphatic carbocycles. The number of ether oxygens (including phenoxy) is 1. The van der Waals surface area contributed by atoms with Crippen molar-refractivity contribution in [2.75, 3.05) is 18.5 Å². The molecule has 1 aromatic carbocycles. The van der Waals surface area contributed by atoms with Crippen LogP contribution in [0.1, 0.15) is 25.8 Å². The van der Waals surface area contributed by atoms with Crippen molar-refractivity contribution in [1.82, 2.24) is 5.32 Å². The van der Waals surface area contributed by atoms with E-state index in [9.17, 15) is 4.79 Å². The van der Waals surface area contributed by atoms with Gasteiger partial charge < -0.3 is 15.4 Å². The van der Waals surface area contributed by atoms with Crippen molar-refractivity contribution in [2.45, 2.75) is 32.9 Å². The Hall–Kier alpha value is -1.10. The van der Waals surface area contributed by atoms with Crippen LogP contribution < -0.4 is 10.6 Å². The van der Waals surface area contributed by atoms with Crippen molar-refractivity contribution in [1.29, 1.82) is 0 Å². The zero-order valence-electron chi connectivity index (χ0n) is 12.0. The Balaban J connectivity index is 0.00000200. The van der Waals surface area contributed by atoms with E-state index in [0.717, 1.165) is 30.8 Å². The number of carbonyl (C=O) groups excluding carboxylic acids is 1. The van der Waals surface area contributed by atoms with E-state index in [1.807, 2.05) is 31.2 Å². The maximum absolute atomic E-state index is 12.1. The van der Waals surface area contributed by atoms with Crippen LogP contribution in [0.2, 0.25) is 0 Å². The molecule has 0 aromatic heterocycles. The minimum absolute atomic E-state index is 0. The van der Waals surface area contributed by atoms with Gasteiger partial charge in [-0.15, -0.1) is 12.4 Å². The molecule has 1 aliphatic rings. The first kappa shape index (κ1) is 17.0. The van der Waals surface area contributed by atoms with Crippen molar-refractivity contribution < 1.29 is 9.53 Å². The fourth-order valence-corrected chi connectivity index (χ4v) is 2.13. The average Bonchev–Trinajstić information content (AvgIpc) is 3.18. The van der Waals surface area contributed by atoms with Gasteiger partial charge in [-0.2, -0.15) is 0 Å². The van der Waals surface area contributed by atoms with Crippen LogP contribution in [0.3, 0.4) is 0 Å². The Kier molecular flexibility index (Phi) is 6.99.